The van der Waals surface area contributed by atoms with E-state index >= 15 is 0 Å². The van der Waals surface area contributed by atoms with Gasteiger partial charge in [-0.25, -0.2) is 0 Å². The lowest BCUT2D eigenvalue weighted by atomic mass is 10.0. The first kappa shape index (κ1) is 15.3. The Morgan fingerprint density at radius 2 is 1.89 bits per heavy atom. The van der Waals surface area contributed by atoms with Crippen LogP contribution in [0.15, 0.2) is 18.2 Å². The smallest absolute Gasteiger partial charge is 0.303 e. The normalized spacial score (nSPS) is 11.9. The van der Waals surface area contributed by atoms with Crippen LogP contribution < -0.4 is 15.2 Å². The Morgan fingerprint density at radius 1 is 1.26 bits per heavy atom. The number of carboxylic acid groups (broad SMARTS) is 1. The Hall–Kier alpha value is -1.75. The Labute approximate surface area is 113 Å². The van der Waals surface area contributed by atoms with Crippen LogP contribution in [-0.4, -0.2) is 24.3 Å². The van der Waals surface area contributed by atoms with Crippen molar-refractivity contribution >= 4 is 5.97 Å². The Balaban J connectivity index is 2.84. The van der Waals surface area contributed by atoms with Crippen molar-refractivity contribution < 1.29 is 19.4 Å². The second-order valence-corrected chi connectivity index (χ2v) is 4.11. The molecule has 19 heavy (non-hydrogen) atoms. The lowest BCUT2D eigenvalue weighted by Crippen LogP contribution is -2.12. The van der Waals surface area contributed by atoms with Crippen LogP contribution >= 0.6 is 0 Å². The molecule has 0 aromatic heterocycles. The fourth-order valence-electron chi connectivity index (χ4n) is 1.74. The SMILES string of the molecule is CCOc1ccc(C(N)CCC(=O)O)cc1OCC. The number of aliphatic carboxylic acids is 1. The topological polar surface area (TPSA) is 81.8 Å². The van der Waals surface area contributed by atoms with Gasteiger partial charge in [-0.1, -0.05) is 6.07 Å². The van der Waals surface area contributed by atoms with E-state index < -0.39 is 5.97 Å². The molecule has 1 aromatic carbocycles. The van der Waals surface area contributed by atoms with Crippen molar-refractivity contribution in [1.29, 1.82) is 0 Å². The van der Waals surface area contributed by atoms with Crippen LogP contribution in [0.2, 0.25) is 0 Å². The van der Waals surface area contributed by atoms with Crippen molar-refractivity contribution in [2.75, 3.05) is 13.2 Å². The molecule has 0 bridgehead atoms. The zero-order chi connectivity index (χ0) is 14.3. The molecule has 106 valence electrons. The van der Waals surface area contributed by atoms with Crippen LogP contribution in [0.25, 0.3) is 0 Å². The number of carbonyl (C=O) groups is 1. The highest BCUT2D eigenvalue weighted by Gasteiger charge is 2.12. The van der Waals surface area contributed by atoms with E-state index in [9.17, 15) is 4.79 Å². The molecule has 0 amide bonds. The van der Waals surface area contributed by atoms with Gasteiger partial charge in [0.15, 0.2) is 11.5 Å². The van der Waals surface area contributed by atoms with Gasteiger partial charge in [-0.05, 0) is 38.0 Å². The van der Waals surface area contributed by atoms with Crippen molar-refractivity contribution in [1.82, 2.24) is 0 Å². The summed E-state index contributed by atoms with van der Waals surface area (Å²) in [5.41, 5.74) is 6.83. The van der Waals surface area contributed by atoms with E-state index in [2.05, 4.69) is 0 Å². The second-order valence-electron chi connectivity index (χ2n) is 4.11. The van der Waals surface area contributed by atoms with Gasteiger partial charge in [-0.3, -0.25) is 4.79 Å². The predicted molar refractivity (Wildman–Crippen MR) is 72.6 cm³/mol. The molecule has 1 unspecified atom stereocenters. The number of benzene rings is 1. The monoisotopic (exact) mass is 267 g/mol. The number of ether oxygens (including phenoxy) is 2. The number of nitrogens with two attached hydrogens (primary N) is 1. The van der Waals surface area contributed by atoms with Crippen LogP contribution in [0.4, 0.5) is 0 Å². The molecular weight excluding hydrogens is 246 g/mol. The van der Waals surface area contributed by atoms with Crippen molar-refractivity contribution in [3.8, 4) is 11.5 Å². The minimum atomic E-state index is -0.841. The number of rotatable bonds is 8. The van der Waals surface area contributed by atoms with Gasteiger partial charge < -0.3 is 20.3 Å². The summed E-state index contributed by atoms with van der Waals surface area (Å²) in [4.78, 5) is 10.5. The minimum absolute atomic E-state index is 0.0539. The maximum Gasteiger partial charge on any atom is 0.303 e. The first-order valence-electron chi connectivity index (χ1n) is 6.45. The molecular formula is C14H21NO4. The van der Waals surface area contributed by atoms with Crippen LogP contribution in [-0.2, 0) is 4.79 Å². The van der Waals surface area contributed by atoms with Gasteiger partial charge in [-0.2, -0.15) is 0 Å². The van der Waals surface area contributed by atoms with Crippen LogP contribution in [0.1, 0.15) is 38.3 Å². The van der Waals surface area contributed by atoms with Gasteiger partial charge in [0.2, 0.25) is 0 Å². The summed E-state index contributed by atoms with van der Waals surface area (Å²) in [6, 6.07) is 5.16. The molecule has 1 atom stereocenters. The third-order valence-corrected chi connectivity index (χ3v) is 2.66. The average Bonchev–Trinajstić information content (AvgIpc) is 2.38. The first-order valence-corrected chi connectivity index (χ1v) is 6.45. The molecule has 0 heterocycles. The van der Waals surface area contributed by atoms with E-state index in [0.29, 0.717) is 31.1 Å². The fraction of sp³-hybridized carbons (Fsp3) is 0.500. The van der Waals surface area contributed by atoms with Crippen molar-refractivity contribution in [3.05, 3.63) is 23.8 Å². The maximum atomic E-state index is 10.5. The molecule has 0 radical (unpaired) electrons. The summed E-state index contributed by atoms with van der Waals surface area (Å²) >= 11 is 0. The lowest BCUT2D eigenvalue weighted by molar-refractivity contribution is -0.137. The highest BCUT2D eigenvalue weighted by molar-refractivity contribution is 5.66. The van der Waals surface area contributed by atoms with Crippen LogP contribution in [0.5, 0.6) is 11.5 Å². The van der Waals surface area contributed by atoms with E-state index in [0.717, 1.165) is 5.56 Å². The van der Waals surface area contributed by atoms with E-state index in [-0.39, 0.29) is 12.5 Å². The quantitative estimate of drug-likeness (QED) is 0.755. The van der Waals surface area contributed by atoms with Gasteiger partial charge >= 0.3 is 5.97 Å². The predicted octanol–water partition coefficient (Wildman–Crippen LogP) is 2.35. The van der Waals surface area contributed by atoms with E-state index in [1.165, 1.54) is 0 Å². The standard InChI is InChI=1S/C14H21NO4/c1-3-18-12-7-5-10(9-13(12)19-4-2)11(15)6-8-14(16)17/h5,7,9,11H,3-4,6,8,15H2,1-2H3,(H,16,17). The summed E-state index contributed by atoms with van der Waals surface area (Å²) in [6.45, 7) is 4.90. The molecule has 1 rings (SSSR count). The molecule has 1 aromatic rings. The summed E-state index contributed by atoms with van der Waals surface area (Å²) in [5.74, 6) is 0.484. The number of hydrogen-bond donors (Lipinski definition) is 2. The summed E-state index contributed by atoms with van der Waals surface area (Å²) in [7, 11) is 0. The van der Waals surface area contributed by atoms with E-state index in [1.54, 1.807) is 0 Å². The minimum Gasteiger partial charge on any atom is -0.490 e. The molecule has 3 N–H and O–H groups in total. The Bertz CT molecular complexity index is 420. The van der Waals surface area contributed by atoms with E-state index in [4.69, 9.17) is 20.3 Å². The summed E-state index contributed by atoms with van der Waals surface area (Å²) < 4.78 is 11.0. The largest absolute Gasteiger partial charge is 0.490 e. The summed E-state index contributed by atoms with van der Waals surface area (Å²) in [6.07, 6.45) is 0.452. The van der Waals surface area contributed by atoms with Crippen molar-refractivity contribution in [3.63, 3.8) is 0 Å². The Morgan fingerprint density at radius 3 is 2.47 bits per heavy atom. The average molecular weight is 267 g/mol. The van der Waals surface area contributed by atoms with Crippen molar-refractivity contribution in [2.24, 2.45) is 5.73 Å². The summed E-state index contributed by atoms with van der Waals surface area (Å²) in [5, 5.41) is 8.66. The zero-order valence-corrected chi connectivity index (χ0v) is 11.4. The molecule has 0 aliphatic rings. The van der Waals surface area contributed by atoms with Gasteiger partial charge in [0.25, 0.3) is 0 Å². The van der Waals surface area contributed by atoms with Crippen LogP contribution in [0, 0.1) is 0 Å². The maximum absolute atomic E-state index is 10.5. The molecule has 0 aliphatic carbocycles. The number of hydrogen-bond acceptors (Lipinski definition) is 4. The second kappa shape index (κ2) is 7.63. The highest BCUT2D eigenvalue weighted by atomic mass is 16.5. The Kier molecular flexibility index (Phi) is 6.15. The molecule has 0 aliphatic heterocycles. The van der Waals surface area contributed by atoms with Crippen LogP contribution in [0.3, 0.4) is 0 Å². The molecule has 0 fully saturated rings. The highest BCUT2D eigenvalue weighted by Crippen LogP contribution is 2.31. The zero-order valence-electron chi connectivity index (χ0n) is 11.4. The molecule has 5 nitrogen and oxygen atoms in total. The molecule has 5 heteroatoms. The van der Waals surface area contributed by atoms with Gasteiger partial charge in [0.1, 0.15) is 0 Å². The van der Waals surface area contributed by atoms with E-state index in [1.807, 2.05) is 32.0 Å². The lowest BCUT2D eigenvalue weighted by Gasteiger charge is -2.15. The molecule has 0 saturated carbocycles. The first-order chi connectivity index (χ1) is 9.08. The van der Waals surface area contributed by atoms with Crippen molar-refractivity contribution in [2.45, 2.75) is 32.7 Å². The van der Waals surface area contributed by atoms with Gasteiger partial charge in [0.05, 0.1) is 13.2 Å². The third kappa shape index (κ3) is 4.79. The molecule has 0 saturated heterocycles. The fourth-order valence-corrected chi connectivity index (χ4v) is 1.74. The van der Waals surface area contributed by atoms with Gasteiger partial charge in [-0.15, -0.1) is 0 Å². The molecule has 0 spiro atoms. The third-order valence-electron chi connectivity index (χ3n) is 2.66. The van der Waals surface area contributed by atoms with Gasteiger partial charge in [0, 0.05) is 12.5 Å². The number of carboxylic acids is 1.